The molecule has 0 aliphatic heterocycles. The van der Waals surface area contributed by atoms with Crippen molar-refractivity contribution in [1.29, 1.82) is 0 Å². The zero-order valence-electron chi connectivity index (χ0n) is 9.12. The van der Waals surface area contributed by atoms with E-state index in [1.54, 1.807) is 0 Å². The minimum absolute atomic E-state index is 0.704. The maximum Gasteiger partial charge on any atom is 0.225 e. The number of hydrogen-bond donors (Lipinski definition) is 1. The van der Waals surface area contributed by atoms with Crippen LogP contribution in [0.4, 0.5) is 5.95 Å². The van der Waals surface area contributed by atoms with Gasteiger partial charge in [-0.1, -0.05) is 0 Å². The fourth-order valence-corrected chi connectivity index (χ4v) is 1.31. The second kappa shape index (κ2) is 4.91. The highest BCUT2D eigenvalue weighted by atomic mass is 15.2. The summed E-state index contributed by atoms with van der Waals surface area (Å²) < 4.78 is 0. The molecule has 0 amide bonds. The van der Waals surface area contributed by atoms with Crippen molar-refractivity contribution < 1.29 is 0 Å². The van der Waals surface area contributed by atoms with Crippen LogP contribution in [-0.4, -0.2) is 30.1 Å². The Bertz CT molecular complexity index is 278. The molecule has 0 aromatic carbocycles. The normalized spacial score (nSPS) is 10.3. The molecule has 0 unspecified atom stereocenters. The van der Waals surface area contributed by atoms with Crippen LogP contribution in [0.2, 0.25) is 0 Å². The maximum atomic E-state index is 5.45. The minimum atomic E-state index is 0.704. The van der Waals surface area contributed by atoms with Crippen LogP contribution < -0.4 is 10.6 Å². The molecule has 14 heavy (non-hydrogen) atoms. The van der Waals surface area contributed by atoms with Crippen LogP contribution >= 0.6 is 0 Å². The van der Waals surface area contributed by atoms with Gasteiger partial charge in [0.25, 0.3) is 0 Å². The highest BCUT2D eigenvalue weighted by Gasteiger charge is 2.04. The summed E-state index contributed by atoms with van der Waals surface area (Å²) in [5.74, 6) is 0.788. The van der Waals surface area contributed by atoms with Crippen molar-refractivity contribution in [3.05, 3.63) is 17.5 Å². The fourth-order valence-electron chi connectivity index (χ4n) is 1.31. The molecule has 4 nitrogen and oxygen atoms in total. The Kier molecular flexibility index (Phi) is 3.83. The van der Waals surface area contributed by atoms with Crippen molar-refractivity contribution >= 4 is 5.95 Å². The second-order valence-electron chi connectivity index (χ2n) is 3.51. The van der Waals surface area contributed by atoms with Crippen molar-refractivity contribution in [3.63, 3.8) is 0 Å². The van der Waals surface area contributed by atoms with Gasteiger partial charge < -0.3 is 10.6 Å². The van der Waals surface area contributed by atoms with E-state index in [4.69, 9.17) is 5.73 Å². The zero-order chi connectivity index (χ0) is 10.6. The molecule has 1 heterocycles. The summed E-state index contributed by atoms with van der Waals surface area (Å²) in [6, 6.07) is 1.97. The summed E-state index contributed by atoms with van der Waals surface area (Å²) >= 11 is 0. The topological polar surface area (TPSA) is 55.0 Å². The van der Waals surface area contributed by atoms with Crippen LogP contribution in [0.5, 0.6) is 0 Å². The Morgan fingerprint density at radius 1 is 1.29 bits per heavy atom. The smallest absolute Gasteiger partial charge is 0.225 e. The molecule has 0 spiro atoms. The van der Waals surface area contributed by atoms with Gasteiger partial charge in [0.15, 0.2) is 0 Å². The lowest BCUT2D eigenvalue weighted by molar-refractivity contribution is 0.770. The average molecular weight is 194 g/mol. The standard InChI is InChI=1S/C10H18N4/c1-8-7-9(2)13-10(12-8)14(3)6-4-5-11/h7H,4-6,11H2,1-3H3. The van der Waals surface area contributed by atoms with Crippen molar-refractivity contribution in [2.45, 2.75) is 20.3 Å². The third kappa shape index (κ3) is 2.96. The first-order valence-electron chi connectivity index (χ1n) is 4.87. The Hall–Kier alpha value is -1.16. The van der Waals surface area contributed by atoms with Crippen molar-refractivity contribution in [3.8, 4) is 0 Å². The molecule has 0 atom stereocenters. The third-order valence-corrected chi connectivity index (χ3v) is 2.01. The predicted molar refractivity (Wildman–Crippen MR) is 58.4 cm³/mol. The molecular formula is C10H18N4. The van der Waals surface area contributed by atoms with Gasteiger partial charge in [-0.3, -0.25) is 0 Å². The number of nitrogens with two attached hydrogens (primary N) is 1. The summed E-state index contributed by atoms with van der Waals surface area (Å²) in [4.78, 5) is 10.8. The molecule has 1 rings (SSSR count). The molecule has 0 saturated heterocycles. The van der Waals surface area contributed by atoms with Crippen LogP contribution in [0.1, 0.15) is 17.8 Å². The third-order valence-electron chi connectivity index (χ3n) is 2.01. The second-order valence-corrected chi connectivity index (χ2v) is 3.51. The average Bonchev–Trinajstić information content (AvgIpc) is 2.12. The molecular weight excluding hydrogens is 176 g/mol. The number of aromatic nitrogens is 2. The van der Waals surface area contributed by atoms with Gasteiger partial charge in [0.05, 0.1) is 0 Å². The monoisotopic (exact) mass is 194 g/mol. The number of hydrogen-bond acceptors (Lipinski definition) is 4. The minimum Gasteiger partial charge on any atom is -0.344 e. The van der Waals surface area contributed by atoms with Crippen molar-refractivity contribution in [1.82, 2.24) is 9.97 Å². The quantitative estimate of drug-likeness (QED) is 0.773. The van der Waals surface area contributed by atoms with Crippen molar-refractivity contribution in [2.24, 2.45) is 5.73 Å². The highest BCUT2D eigenvalue weighted by Crippen LogP contribution is 2.07. The first kappa shape index (κ1) is 10.9. The molecule has 4 heteroatoms. The van der Waals surface area contributed by atoms with Gasteiger partial charge in [0.1, 0.15) is 0 Å². The maximum absolute atomic E-state index is 5.45. The zero-order valence-corrected chi connectivity index (χ0v) is 9.12. The molecule has 0 aliphatic rings. The van der Waals surface area contributed by atoms with E-state index in [1.165, 1.54) is 0 Å². The predicted octanol–water partition coefficient (Wildman–Crippen LogP) is 0.878. The van der Waals surface area contributed by atoms with Crippen LogP contribution in [-0.2, 0) is 0 Å². The first-order chi connectivity index (χ1) is 6.63. The number of nitrogens with zero attached hydrogens (tertiary/aromatic N) is 3. The molecule has 1 aromatic heterocycles. The van der Waals surface area contributed by atoms with E-state index in [0.29, 0.717) is 6.54 Å². The van der Waals surface area contributed by atoms with E-state index in [0.717, 1.165) is 30.3 Å². The molecule has 1 aromatic rings. The van der Waals surface area contributed by atoms with Gasteiger partial charge in [-0.25, -0.2) is 9.97 Å². The van der Waals surface area contributed by atoms with Gasteiger partial charge in [-0.05, 0) is 32.9 Å². The molecule has 0 radical (unpaired) electrons. The van der Waals surface area contributed by atoms with Gasteiger partial charge >= 0.3 is 0 Å². The number of anilines is 1. The van der Waals surface area contributed by atoms with Gasteiger partial charge in [-0.15, -0.1) is 0 Å². The highest BCUT2D eigenvalue weighted by molar-refractivity contribution is 5.30. The molecule has 0 fully saturated rings. The number of rotatable bonds is 4. The summed E-state index contributed by atoms with van der Waals surface area (Å²) in [6.45, 7) is 5.57. The first-order valence-corrected chi connectivity index (χ1v) is 4.87. The summed E-state index contributed by atoms with van der Waals surface area (Å²) in [5, 5.41) is 0. The fraction of sp³-hybridized carbons (Fsp3) is 0.600. The lowest BCUT2D eigenvalue weighted by Crippen LogP contribution is -2.23. The van der Waals surface area contributed by atoms with Gasteiger partial charge in [0, 0.05) is 25.0 Å². The Balaban J connectivity index is 2.73. The largest absolute Gasteiger partial charge is 0.344 e. The lowest BCUT2D eigenvalue weighted by atomic mass is 10.3. The summed E-state index contributed by atoms with van der Waals surface area (Å²) in [7, 11) is 1.99. The van der Waals surface area contributed by atoms with Crippen molar-refractivity contribution in [2.75, 3.05) is 25.0 Å². The molecule has 0 bridgehead atoms. The Labute approximate surface area is 85.2 Å². The van der Waals surface area contributed by atoms with Gasteiger partial charge in [0.2, 0.25) is 5.95 Å². The van der Waals surface area contributed by atoms with E-state index >= 15 is 0 Å². The van der Waals surface area contributed by atoms with Gasteiger partial charge in [-0.2, -0.15) is 0 Å². The van der Waals surface area contributed by atoms with E-state index < -0.39 is 0 Å². The van der Waals surface area contributed by atoms with Crippen LogP contribution in [0, 0.1) is 13.8 Å². The SMILES string of the molecule is Cc1cc(C)nc(N(C)CCCN)n1. The van der Waals surface area contributed by atoms with E-state index in [1.807, 2.05) is 31.9 Å². The van der Waals surface area contributed by atoms with E-state index in [-0.39, 0.29) is 0 Å². The van der Waals surface area contributed by atoms with E-state index in [9.17, 15) is 0 Å². The lowest BCUT2D eigenvalue weighted by Gasteiger charge is -2.17. The Morgan fingerprint density at radius 3 is 2.36 bits per heavy atom. The molecule has 0 aliphatic carbocycles. The molecule has 2 N–H and O–H groups in total. The summed E-state index contributed by atoms with van der Waals surface area (Å²) in [5.41, 5.74) is 7.46. The molecule has 78 valence electrons. The Morgan fingerprint density at radius 2 is 1.86 bits per heavy atom. The van der Waals surface area contributed by atoms with E-state index in [2.05, 4.69) is 9.97 Å². The van der Waals surface area contributed by atoms with Crippen LogP contribution in [0.3, 0.4) is 0 Å². The van der Waals surface area contributed by atoms with Crippen LogP contribution in [0.25, 0.3) is 0 Å². The summed E-state index contributed by atoms with van der Waals surface area (Å²) in [6.07, 6.45) is 0.965. The van der Waals surface area contributed by atoms with Crippen LogP contribution in [0.15, 0.2) is 6.07 Å². The number of aryl methyl sites for hydroxylation is 2. The molecule has 0 saturated carbocycles.